The number of anilines is 2. The maximum atomic E-state index is 5.39. The van der Waals surface area contributed by atoms with Crippen LogP contribution in [0.3, 0.4) is 0 Å². The summed E-state index contributed by atoms with van der Waals surface area (Å²) in [6.45, 7) is 7.92. The van der Waals surface area contributed by atoms with Crippen LogP contribution in [0.1, 0.15) is 30.4 Å². The molecular weight excluding hydrogens is 304 g/mol. The Morgan fingerprint density at radius 3 is 2.83 bits per heavy atom. The van der Waals surface area contributed by atoms with Gasteiger partial charge in [0.1, 0.15) is 23.8 Å². The largest absolute Gasteiger partial charge is 0.378 e. The fourth-order valence-corrected chi connectivity index (χ4v) is 2.72. The number of ether oxygens (including phenoxy) is 1. The van der Waals surface area contributed by atoms with Crippen molar-refractivity contribution in [2.45, 2.75) is 33.2 Å². The normalized spacial score (nSPS) is 14.7. The minimum Gasteiger partial charge on any atom is -0.378 e. The van der Waals surface area contributed by atoms with Gasteiger partial charge in [-0.05, 0) is 13.3 Å². The van der Waals surface area contributed by atoms with Gasteiger partial charge in [0.2, 0.25) is 0 Å². The maximum absolute atomic E-state index is 5.39. The van der Waals surface area contributed by atoms with Crippen LogP contribution in [-0.4, -0.2) is 46.2 Å². The van der Waals surface area contributed by atoms with Gasteiger partial charge in [0.15, 0.2) is 0 Å². The molecule has 3 heterocycles. The van der Waals surface area contributed by atoms with Gasteiger partial charge in [0.05, 0.1) is 25.5 Å². The summed E-state index contributed by atoms with van der Waals surface area (Å²) in [5.41, 5.74) is 2.09. The molecule has 2 aromatic rings. The Kier molecular flexibility index (Phi) is 5.53. The SMILES string of the molecule is CCCc1cnc(C)nc1NCc1cc(N2CCOCC2)ncn1. The minimum atomic E-state index is 0.618. The fourth-order valence-electron chi connectivity index (χ4n) is 2.72. The van der Waals surface area contributed by atoms with E-state index in [1.165, 1.54) is 0 Å². The van der Waals surface area contributed by atoms with Gasteiger partial charge in [-0.25, -0.2) is 19.9 Å². The van der Waals surface area contributed by atoms with Gasteiger partial charge in [-0.1, -0.05) is 13.3 Å². The van der Waals surface area contributed by atoms with E-state index in [2.05, 4.69) is 37.1 Å². The van der Waals surface area contributed by atoms with Crippen LogP contribution in [0.15, 0.2) is 18.6 Å². The average Bonchev–Trinajstić information content (AvgIpc) is 2.63. The van der Waals surface area contributed by atoms with Crippen LogP contribution in [0.25, 0.3) is 0 Å². The summed E-state index contributed by atoms with van der Waals surface area (Å²) >= 11 is 0. The molecule has 0 spiro atoms. The molecule has 0 aliphatic carbocycles. The van der Waals surface area contributed by atoms with Gasteiger partial charge in [0.25, 0.3) is 0 Å². The van der Waals surface area contributed by atoms with E-state index >= 15 is 0 Å². The third kappa shape index (κ3) is 4.17. The molecule has 1 saturated heterocycles. The molecule has 0 saturated carbocycles. The second kappa shape index (κ2) is 8.01. The highest BCUT2D eigenvalue weighted by molar-refractivity contribution is 5.45. The molecule has 128 valence electrons. The lowest BCUT2D eigenvalue weighted by Gasteiger charge is -2.27. The Morgan fingerprint density at radius 1 is 1.21 bits per heavy atom. The summed E-state index contributed by atoms with van der Waals surface area (Å²) in [7, 11) is 0. The molecule has 7 nitrogen and oxygen atoms in total. The first kappa shape index (κ1) is 16.6. The van der Waals surface area contributed by atoms with Crippen molar-refractivity contribution in [3.63, 3.8) is 0 Å². The number of aromatic nitrogens is 4. The van der Waals surface area contributed by atoms with E-state index < -0.39 is 0 Å². The van der Waals surface area contributed by atoms with E-state index in [0.717, 1.165) is 67.9 Å². The van der Waals surface area contributed by atoms with Crippen LogP contribution in [-0.2, 0) is 17.7 Å². The number of nitrogens with one attached hydrogen (secondary N) is 1. The lowest BCUT2D eigenvalue weighted by Crippen LogP contribution is -2.36. The molecule has 3 rings (SSSR count). The predicted molar refractivity (Wildman–Crippen MR) is 93.2 cm³/mol. The van der Waals surface area contributed by atoms with Crippen molar-refractivity contribution in [2.75, 3.05) is 36.5 Å². The van der Waals surface area contributed by atoms with Crippen molar-refractivity contribution >= 4 is 11.6 Å². The number of rotatable bonds is 6. The van der Waals surface area contributed by atoms with Crippen molar-refractivity contribution in [1.29, 1.82) is 0 Å². The van der Waals surface area contributed by atoms with Gasteiger partial charge in [-0.3, -0.25) is 0 Å². The Morgan fingerprint density at radius 2 is 2.04 bits per heavy atom. The highest BCUT2D eigenvalue weighted by Crippen LogP contribution is 2.16. The summed E-state index contributed by atoms with van der Waals surface area (Å²) < 4.78 is 5.39. The Bertz CT molecular complexity index is 672. The zero-order valence-electron chi connectivity index (χ0n) is 14.3. The second-order valence-corrected chi connectivity index (χ2v) is 5.86. The Labute approximate surface area is 142 Å². The standard InChI is InChI=1S/C17H24N6O/c1-3-4-14-10-18-13(2)22-17(14)19-11-15-9-16(21-12-20-15)23-5-7-24-8-6-23/h9-10,12H,3-8,11H2,1-2H3,(H,18,19,22). The molecule has 1 fully saturated rings. The second-order valence-electron chi connectivity index (χ2n) is 5.86. The molecule has 0 radical (unpaired) electrons. The third-order valence-electron chi connectivity index (χ3n) is 3.99. The molecule has 1 aliphatic heterocycles. The van der Waals surface area contributed by atoms with Crippen molar-refractivity contribution in [3.8, 4) is 0 Å². The Balaban J connectivity index is 1.69. The van der Waals surface area contributed by atoms with Crippen LogP contribution < -0.4 is 10.2 Å². The number of hydrogen-bond donors (Lipinski definition) is 1. The number of aryl methyl sites for hydroxylation is 2. The van der Waals surface area contributed by atoms with Crippen molar-refractivity contribution in [2.24, 2.45) is 0 Å². The van der Waals surface area contributed by atoms with Crippen LogP contribution >= 0.6 is 0 Å². The molecule has 0 atom stereocenters. The molecule has 1 N–H and O–H groups in total. The topological polar surface area (TPSA) is 76.1 Å². The van der Waals surface area contributed by atoms with Crippen LogP contribution in [0.4, 0.5) is 11.6 Å². The van der Waals surface area contributed by atoms with Crippen molar-refractivity contribution in [3.05, 3.63) is 35.7 Å². The molecule has 24 heavy (non-hydrogen) atoms. The van der Waals surface area contributed by atoms with Gasteiger partial charge in [-0.15, -0.1) is 0 Å². The van der Waals surface area contributed by atoms with Crippen molar-refractivity contribution in [1.82, 2.24) is 19.9 Å². The molecule has 0 bridgehead atoms. The van der Waals surface area contributed by atoms with E-state index in [9.17, 15) is 0 Å². The van der Waals surface area contributed by atoms with Crippen molar-refractivity contribution < 1.29 is 4.74 Å². The summed E-state index contributed by atoms with van der Waals surface area (Å²) in [6, 6.07) is 2.03. The molecule has 0 aromatic carbocycles. The summed E-state index contributed by atoms with van der Waals surface area (Å²) in [5, 5.41) is 3.40. The zero-order chi connectivity index (χ0) is 16.8. The van der Waals surface area contributed by atoms with E-state index in [1.54, 1.807) is 6.33 Å². The van der Waals surface area contributed by atoms with Gasteiger partial charge < -0.3 is 15.0 Å². The first-order valence-electron chi connectivity index (χ1n) is 8.46. The highest BCUT2D eigenvalue weighted by atomic mass is 16.5. The summed E-state index contributed by atoms with van der Waals surface area (Å²) in [6.07, 6.45) is 5.56. The number of hydrogen-bond acceptors (Lipinski definition) is 7. The molecular formula is C17H24N6O. The minimum absolute atomic E-state index is 0.618. The zero-order valence-corrected chi connectivity index (χ0v) is 14.3. The lowest BCUT2D eigenvalue weighted by molar-refractivity contribution is 0.122. The van der Waals surface area contributed by atoms with Crippen LogP contribution in [0.5, 0.6) is 0 Å². The monoisotopic (exact) mass is 328 g/mol. The molecule has 1 aliphatic rings. The molecule has 7 heteroatoms. The van der Waals surface area contributed by atoms with E-state index in [0.29, 0.717) is 6.54 Å². The highest BCUT2D eigenvalue weighted by Gasteiger charge is 2.13. The summed E-state index contributed by atoms with van der Waals surface area (Å²) in [4.78, 5) is 19.8. The van der Waals surface area contributed by atoms with Crippen LogP contribution in [0, 0.1) is 6.92 Å². The van der Waals surface area contributed by atoms with Gasteiger partial charge in [0, 0.05) is 30.9 Å². The smallest absolute Gasteiger partial charge is 0.133 e. The van der Waals surface area contributed by atoms with Gasteiger partial charge in [-0.2, -0.15) is 0 Å². The van der Waals surface area contributed by atoms with E-state index in [-0.39, 0.29) is 0 Å². The number of morpholine rings is 1. The quantitative estimate of drug-likeness (QED) is 0.869. The number of nitrogens with zero attached hydrogens (tertiary/aromatic N) is 5. The lowest BCUT2D eigenvalue weighted by atomic mass is 10.2. The average molecular weight is 328 g/mol. The maximum Gasteiger partial charge on any atom is 0.133 e. The first-order chi connectivity index (χ1) is 11.8. The fraction of sp³-hybridized carbons (Fsp3) is 0.529. The molecule has 0 unspecified atom stereocenters. The van der Waals surface area contributed by atoms with Gasteiger partial charge >= 0.3 is 0 Å². The van der Waals surface area contributed by atoms with Crippen LogP contribution in [0.2, 0.25) is 0 Å². The molecule has 0 amide bonds. The summed E-state index contributed by atoms with van der Waals surface area (Å²) in [5.74, 6) is 2.63. The van der Waals surface area contributed by atoms with E-state index in [4.69, 9.17) is 4.74 Å². The predicted octanol–water partition coefficient (Wildman–Crippen LogP) is 1.98. The molecule has 2 aromatic heterocycles. The third-order valence-corrected chi connectivity index (χ3v) is 3.99. The first-order valence-corrected chi connectivity index (χ1v) is 8.46. The Hall–Kier alpha value is -2.28. The van der Waals surface area contributed by atoms with E-state index in [1.807, 2.05) is 19.2 Å².